The summed E-state index contributed by atoms with van der Waals surface area (Å²) in [6.45, 7) is 3.23. The lowest BCUT2D eigenvalue weighted by Crippen LogP contribution is -2.33. The summed E-state index contributed by atoms with van der Waals surface area (Å²) in [5.41, 5.74) is 0.993. The molecule has 4 heteroatoms. The highest BCUT2D eigenvalue weighted by Gasteiger charge is 2.24. The van der Waals surface area contributed by atoms with Gasteiger partial charge >= 0.3 is 0 Å². The van der Waals surface area contributed by atoms with E-state index in [-0.39, 0.29) is 23.5 Å². The number of rotatable bonds is 5. The van der Waals surface area contributed by atoms with Gasteiger partial charge in [-0.2, -0.15) is 0 Å². The van der Waals surface area contributed by atoms with E-state index in [9.17, 15) is 9.50 Å². The minimum Gasteiger partial charge on any atom is -0.396 e. The van der Waals surface area contributed by atoms with E-state index in [1.165, 1.54) is 25.3 Å². The Morgan fingerprint density at radius 2 is 2.05 bits per heavy atom. The van der Waals surface area contributed by atoms with Gasteiger partial charge in [0.15, 0.2) is 0 Å². The second-order valence-corrected chi connectivity index (χ2v) is 6.20. The maximum Gasteiger partial charge on any atom is 0.141 e. The molecular weight excluding hydrogens is 277 g/mol. The van der Waals surface area contributed by atoms with Crippen LogP contribution in [0.3, 0.4) is 0 Å². The first-order valence-corrected chi connectivity index (χ1v) is 7.78. The summed E-state index contributed by atoms with van der Waals surface area (Å²) >= 11 is 5.82. The largest absolute Gasteiger partial charge is 0.396 e. The minimum atomic E-state index is -0.379. The van der Waals surface area contributed by atoms with Crippen LogP contribution >= 0.6 is 11.6 Å². The molecule has 0 aromatic heterocycles. The predicted molar refractivity (Wildman–Crippen MR) is 80.4 cm³/mol. The van der Waals surface area contributed by atoms with Crippen LogP contribution in [-0.2, 0) is 0 Å². The van der Waals surface area contributed by atoms with Gasteiger partial charge in [0.2, 0.25) is 0 Å². The topological polar surface area (TPSA) is 32.3 Å². The van der Waals surface area contributed by atoms with Crippen LogP contribution in [0.15, 0.2) is 18.2 Å². The maximum atomic E-state index is 13.2. The van der Waals surface area contributed by atoms with Gasteiger partial charge < -0.3 is 10.4 Å². The number of hydrogen-bond donors (Lipinski definition) is 2. The molecule has 1 aliphatic rings. The Labute approximate surface area is 125 Å². The molecule has 0 bridgehead atoms. The molecule has 0 spiro atoms. The first kappa shape index (κ1) is 15.7. The molecule has 0 heterocycles. The molecular formula is C16H23ClFNO. The van der Waals surface area contributed by atoms with Crippen molar-refractivity contribution in [3.8, 4) is 0 Å². The lowest BCUT2D eigenvalue weighted by molar-refractivity contribution is 0.131. The first-order chi connectivity index (χ1) is 9.61. The fourth-order valence-corrected chi connectivity index (χ4v) is 3.21. The van der Waals surface area contributed by atoms with E-state index < -0.39 is 0 Å². The van der Waals surface area contributed by atoms with E-state index >= 15 is 0 Å². The smallest absolute Gasteiger partial charge is 0.141 e. The Bertz CT molecular complexity index is 440. The first-order valence-electron chi connectivity index (χ1n) is 7.41. The molecule has 3 unspecified atom stereocenters. The predicted octanol–water partition coefficient (Wildman–Crippen LogP) is 3.93. The Hall–Kier alpha value is -0.640. The third-order valence-corrected chi connectivity index (χ3v) is 4.72. The van der Waals surface area contributed by atoms with Crippen molar-refractivity contribution < 1.29 is 9.50 Å². The summed E-state index contributed by atoms with van der Waals surface area (Å²) in [5, 5.41) is 13.1. The standard InChI is InChI=1S/C16H23ClFNO/c1-11(12-6-7-16(18)15(17)8-12)19-9-13-4-2-3-5-14(13)10-20/h6-8,11,13-14,19-20H,2-5,9-10H2,1H3. The van der Waals surface area contributed by atoms with E-state index in [1.54, 1.807) is 12.1 Å². The maximum absolute atomic E-state index is 13.2. The normalized spacial score (nSPS) is 24.6. The van der Waals surface area contributed by atoms with E-state index in [2.05, 4.69) is 12.2 Å². The third-order valence-electron chi connectivity index (χ3n) is 4.43. The molecule has 2 rings (SSSR count). The van der Waals surface area contributed by atoms with Crippen molar-refractivity contribution in [1.29, 1.82) is 0 Å². The van der Waals surface area contributed by atoms with Crippen molar-refractivity contribution in [3.05, 3.63) is 34.6 Å². The van der Waals surface area contributed by atoms with Gasteiger partial charge in [0.05, 0.1) is 5.02 Å². The van der Waals surface area contributed by atoms with Crippen LogP contribution in [0.25, 0.3) is 0 Å². The van der Waals surface area contributed by atoms with Crippen LogP contribution in [0, 0.1) is 17.7 Å². The highest BCUT2D eigenvalue weighted by Crippen LogP contribution is 2.30. The lowest BCUT2D eigenvalue weighted by atomic mass is 9.79. The summed E-state index contributed by atoms with van der Waals surface area (Å²) in [7, 11) is 0. The summed E-state index contributed by atoms with van der Waals surface area (Å²) in [6.07, 6.45) is 4.78. The Morgan fingerprint density at radius 3 is 2.70 bits per heavy atom. The Kier molecular flexibility index (Phi) is 5.82. The summed E-state index contributed by atoms with van der Waals surface area (Å²) in [4.78, 5) is 0. The van der Waals surface area contributed by atoms with E-state index in [0.717, 1.165) is 18.5 Å². The second-order valence-electron chi connectivity index (χ2n) is 5.79. The zero-order valence-electron chi connectivity index (χ0n) is 11.9. The highest BCUT2D eigenvalue weighted by atomic mass is 35.5. The minimum absolute atomic E-state index is 0.134. The van der Waals surface area contributed by atoms with Crippen molar-refractivity contribution in [2.45, 2.75) is 38.6 Å². The van der Waals surface area contributed by atoms with Crippen molar-refractivity contribution in [2.24, 2.45) is 11.8 Å². The number of aliphatic hydroxyl groups is 1. The molecule has 1 saturated carbocycles. The van der Waals surface area contributed by atoms with Crippen LogP contribution in [0.4, 0.5) is 4.39 Å². The molecule has 1 aromatic rings. The average Bonchev–Trinajstić information content (AvgIpc) is 2.47. The zero-order chi connectivity index (χ0) is 14.5. The summed E-state index contributed by atoms with van der Waals surface area (Å²) in [5.74, 6) is 0.572. The number of hydrogen-bond acceptors (Lipinski definition) is 2. The molecule has 2 nitrogen and oxygen atoms in total. The molecule has 0 aliphatic heterocycles. The average molecular weight is 300 g/mol. The van der Waals surface area contributed by atoms with Crippen LogP contribution in [0.2, 0.25) is 5.02 Å². The molecule has 1 fully saturated rings. The number of aliphatic hydroxyl groups excluding tert-OH is 1. The summed E-state index contributed by atoms with van der Waals surface area (Å²) < 4.78 is 13.2. The summed E-state index contributed by atoms with van der Waals surface area (Å²) in [6, 6.07) is 4.99. The van der Waals surface area contributed by atoms with Crippen molar-refractivity contribution in [2.75, 3.05) is 13.2 Å². The van der Waals surface area contributed by atoms with Crippen LogP contribution in [0.1, 0.15) is 44.2 Å². The number of benzene rings is 1. The van der Waals surface area contributed by atoms with Gasteiger partial charge in [0.1, 0.15) is 5.82 Å². The Morgan fingerprint density at radius 1 is 1.35 bits per heavy atom. The van der Waals surface area contributed by atoms with Crippen LogP contribution < -0.4 is 5.32 Å². The van der Waals surface area contributed by atoms with Gasteiger partial charge in [-0.25, -0.2) is 4.39 Å². The monoisotopic (exact) mass is 299 g/mol. The van der Waals surface area contributed by atoms with Gasteiger partial charge in [-0.3, -0.25) is 0 Å². The molecule has 20 heavy (non-hydrogen) atoms. The fourth-order valence-electron chi connectivity index (χ4n) is 3.02. The van der Waals surface area contributed by atoms with Gasteiger partial charge in [-0.05, 0) is 55.8 Å². The molecule has 0 saturated heterocycles. The number of halogens is 2. The highest BCUT2D eigenvalue weighted by molar-refractivity contribution is 6.30. The SMILES string of the molecule is CC(NCC1CCCCC1CO)c1ccc(F)c(Cl)c1. The third kappa shape index (κ3) is 3.94. The van der Waals surface area contributed by atoms with Crippen LogP contribution in [0.5, 0.6) is 0 Å². The Balaban J connectivity index is 1.90. The lowest BCUT2D eigenvalue weighted by Gasteiger charge is -2.31. The van der Waals surface area contributed by atoms with E-state index in [4.69, 9.17) is 11.6 Å². The molecule has 1 aliphatic carbocycles. The molecule has 2 N–H and O–H groups in total. The quantitative estimate of drug-likeness (QED) is 0.863. The molecule has 0 radical (unpaired) electrons. The van der Waals surface area contributed by atoms with Crippen molar-refractivity contribution in [3.63, 3.8) is 0 Å². The fraction of sp³-hybridized carbons (Fsp3) is 0.625. The van der Waals surface area contributed by atoms with Gasteiger partial charge in [-0.15, -0.1) is 0 Å². The molecule has 3 atom stereocenters. The molecule has 112 valence electrons. The van der Waals surface area contributed by atoms with Gasteiger partial charge in [0, 0.05) is 12.6 Å². The molecule has 1 aromatic carbocycles. The van der Waals surface area contributed by atoms with Crippen LogP contribution in [-0.4, -0.2) is 18.3 Å². The van der Waals surface area contributed by atoms with E-state index in [1.807, 2.05) is 0 Å². The molecule has 0 amide bonds. The zero-order valence-corrected chi connectivity index (χ0v) is 12.7. The van der Waals surface area contributed by atoms with Gasteiger partial charge in [0.25, 0.3) is 0 Å². The van der Waals surface area contributed by atoms with Crippen molar-refractivity contribution in [1.82, 2.24) is 5.32 Å². The van der Waals surface area contributed by atoms with Gasteiger partial charge in [-0.1, -0.05) is 30.5 Å². The second kappa shape index (κ2) is 7.39. The number of nitrogens with one attached hydrogen (secondary N) is 1. The van der Waals surface area contributed by atoms with Crippen molar-refractivity contribution >= 4 is 11.6 Å². The van der Waals surface area contributed by atoms with E-state index in [0.29, 0.717) is 11.8 Å².